The van der Waals surface area contributed by atoms with E-state index in [2.05, 4.69) is 24.5 Å². The molecule has 3 heteroatoms. The van der Waals surface area contributed by atoms with Gasteiger partial charge < -0.3 is 10.6 Å². The number of carbonyl (C=O) groups excluding carboxylic acids is 1. The van der Waals surface area contributed by atoms with Gasteiger partial charge in [0.25, 0.3) is 0 Å². The molecule has 0 aromatic carbocycles. The summed E-state index contributed by atoms with van der Waals surface area (Å²) in [4.78, 5) is 12.1. The van der Waals surface area contributed by atoms with Crippen molar-refractivity contribution >= 4 is 5.91 Å². The molecule has 0 spiro atoms. The summed E-state index contributed by atoms with van der Waals surface area (Å²) in [5.74, 6) is 1.24. The highest BCUT2D eigenvalue weighted by atomic mass is 16.1. The average molecular weight is 252 g/mol. The molecule has 1 unspecified atom stereocenters. The molecule has 104 valence electrons. The Morgan fingerprint density at radius 2 is 1.94 bits per heavy atom. The first-order valence-electron chi connectivity index (χ1n) is 7.58. The van der Waals surface area contributed by atoms with E-state index in [-0.39, 0.29) is 17.2 Å². The van der Waals surface area contributed by atoms with Gasteiger partial charge in [-0.15, -0.1) is 0 Å². The quantitative estimate of drug-likeness (QED) is 0.806. The van der Waals surface area contributed by atoms with Crippen LogP contribution in [0.25, 0.3) is 0 Å². The molecule has 1 saturated carbocycles. The Labute approximate surface area is 111 Å². The Bertz CT molecular complexity index is 276. The van der Waals surface area contributed by atoms with E-state index in [0.29, 0.717) is 0 Å². The first-order chi connectivity index (χ1) is 8.59. The van der Waals surface area contributed by atoms with Crippen LogP contribution < -0.4 is 10.6 Å². The summed E-state index contributed by atoms with van der Waals surface area (Å²) < 4.78 is 0. The Morgan fingerprint density at radius 3 is 2.56 bits per heavy atom. The fourth-order valence-corrected chi connectivity index (χ4v) is 3.39. The second kappa shape index (κ2) is 6.05. The van der Waals surface area contributed by atoms with Crippen LogP contribution in [0, 0.1) is 17.3 Å². The van der Waals surface area contributed by atoms with E-state index in [4.69, 9.17) is 0 Å². The van der Waals surface area contributed by atoms with E-state index in [1.54, 1.807) is 0 Å². The van der Waals surface area contributed by atoms with E-state index in [0.717, 1.165) is 38.4 Å². The molecule has 1 atom stereocenters. The molecule has 2 rings (SSSR count). The zero-order valence-electron chi connectivity index (χ0n) is 11.9. The summed E-state index contributed by atoms with van der Waals surface area (Å²) in [5, 5.41) is 6.50. The monoisotopic (exact) mass is 252 g/mol. The Hall–Kier alpha value is -0.570. The third-order valence-corrected chi connectivity index (χ3v) is 4.85. The second-order valence-corrected chi connectivity index (χ2v) is 6.73. The lowest BCUT2D eigenvalue weighted by Crippen LogP contribution is -2.44. The van der Waals surface area contributed by atoms with Crippen LogP contribution in [0.1, 0.15) is 52.4 Å². The molecule has 1 aliphatic carbocycles. The van der Waals surface area contributed by atoms with Gasteiger partial charge in [0.05, 0.1) is 5.92 Å². The largest absolute Gasteiger partial charge is 0.355 e. The van der Waals surface area contributed by atoms with Crippen molar-refractivity contribution in [2.45, 2.75) is 52.4 Å². The Kier molecular flexibility index (Phi) is 4.66. The van der Waals surface area contributed by atoms with Crippen LogP contribution in [-0.2, 0) is 4.79 Å². The minimum absolute atomic E-state index is 0.193. The van der Waals surface area contributed by atoms with Gasteiger partial charge in [0.15, 0.2) is 0 Å². The highest BCUT2D eigenvalue weighted by Gasteiger charge is 2.32. The average Bonchev–Trinajstić information content (AvgIpc) is 2.92. The van der Waals surface area contributed by atoms with Gasteiger partial charge in [-0.25, -0.2) is 0 Å². The van der Waals surface area contributed by atoms with Crippen LogP contribution in [0.5, 0.6) is 0 Å². The van der Waals surface area contributed by atoms with E-state index >= 15 is 0 Å². The molecule has 1 heterocycles. The van der Waals surface area contributed by atoms with Gasteiger partial charge in [0, 0.05) is 13.1 Å². The third-order valence-electron chi connectivity index (χ3n) is 4.85. The zero-order chi connectivity index (χ0) is 13.0. The predicted molar refractivity (Wildman–Crippen MR) is 74.3 cm³/mol. The summed E-state index contributed by atoms with van der Waals surface area (Å²) >= 11 is 0. The summed E-state index contributed by atoms with van der Waals surface area (Å²) in [7, 11) is 0. The standard InChI is InChI=1S/C15H28N2O/c1-15(2,13-7-3-4-8-13)11-17-14(18)12-6-5-9-16-10-12/h12-13,16H,3-11H2,1-2H3,(H,17,18). The second-order valence-electron chi connectivity index (χ2n) is 6.73. The molecule has 0 aromatic heterocycles. The molecule has 1 aliphatic heterocycles. The molecule has 2 N–H and O–H groups in total. The van der Waals surface area contributed by atoms with Crippen LogP contribution >= 0.6 is 0 Å². The van der Waals surface area contributed by atoms with Crippen molar-refractivity contribution in [3.05, 3.63) is 0 Å². The minimum Gasteiger partial charge on any atom is -0.355 e. The SMILES string of the molecule is CC(C)(CNC(=O)C1CCCNC1)C1CCCC1. The first-order valence-corrected chi connectivity index (χ1v) is 7.58. The van der Waals surface area contributed by atoms with Crippen LogP contribution in [0.3, 0.4) is 0 Å². The molecular formula is C15H28N2O. The van der Waals surface area contributed by atoms with E-state index < -0.39 is 0 Å². The predicted octanol–water partition coefficient (Wildman–Crippen LogP) is 2.32. The van der Waals surface area contributed by atoms with Crippen molar-refractivity contribution in [3.63, 3.8) is 0 Å². The Balaban J connectivity index is 1.77. The van der Waals surface area contributed by atoms with Crippen molar-refractivity contribution in [2.75, 3.05) is 19.6 Å². The van der Waals surface area contributed by atoms with Gasteiger partial charge in [-0.05, 0) is 43.6 Å². The number of rotatable bonds is 4. The number of piperidine rings is 1. The molecule has 2 fully saturated rings. The maximum Gasteiger partial charge on any atom is 0.224 e. The first kappa shape index (κ1) is 13.9. The molecule has 3 nitrogen and oxygen atoms in total. The van der Waals surface area contributed by atoms with Crippen molar-refractivity contribution in [1.29, 1.82) is 0 Å². The van der Waals surface area contributed by atoms with E-state index in [1.807, 2.05) is 0 Å². The zero-order valence-corrected chi connectivity index (χ0v) is 11.9. The van der Waals surface area contributed by atoms with Crippen molar-refractivity contribution < 1.29 is 4.79 Å². The third kappa shape index (κ3) is 3.47. The molecule has 0 aromatic rings. The van der Waals surface area contributed by atoms with Crippen LogP contribution in [0.2, 0.25) is 0 Å². The van der Waals surface area contributed by atoms with Gasteiger partial charge in [-0.2, -0.15) is 0 Å². The van der Waals surface area contributed by atoms with Gasteiger partial charge >= 0.3 is 0 Å². The number of amides is 1. The van der Waals surface area contributed by atoms with Crippen LogP contribution in [-0.4, -0.2) is 25.5 Å². The normalized spacial score (nSPS) is 26.2. The fraction of sp³-hybridized carbons (Fsp3) is 0.933. The number of hydrogen-bond donors (Lipinski definition) is 2. The smallest absolute Gasteiger partial charge is 0.224 e. The van der Waals surface area contributed by atoms with E-state index in [1.165, 1.54) is 25.7 Å². The number of hydrogen-bond acceptors (Lipinski definition) is 2. The number of carbonyl (C=O) groups is 1. The molecule has 1 saturated heterocycles. The number of nitrogens with one attached hydrogen (secondary N) is 2. The van der Waals surface area contributed by atoms with Crippen molar-refractivity contribution in [3.8, 4) is 0 Å². The molecule has 1 amide bonds. The minimum atomic E-state index is 0.193. The molecule has 0 bridgehead atoms. The molecular weight excluding hydrogens is 224 g/mol. The topological polar surface area (TPSA) is 41.1 Å². The summed E-state index contributed by atoms with van der Waals surface area (Å²) in [6.07, 6.45) is 7.59. The Morgan fingerprint density at radius 1 is 1.22 bits per heavy atom. The highest BCUT2D eigenvalue weighted by Crippen LogP contribution is 2.39. The maximum absolute atomic E-state index is 12.1. The molecule has 18 heavy (non-hydrogen) atoms. The summed E-state index contributed by atoms with van der Waals surface area (Å²) in [6, 6.07) is 0. The summed E-state index contributed by atoms with van der Waals surface area (Å²) in [5.41, 5.74) is 0.258. The van der Waals surface area contributed by atoms with Crippen molar-refractivity contribution in [2.24, 2.45) is 17.3 Å². The summed E-state index contributed by atoms with van der Waals surface area (Å²) in [6.45, 7) is 7.38. The van der Waals surface area contributed by atoms with Gasteiger partial charge in [-0.3, -0.25) is 4.79 Å². The lowest BCUT2D eigenvalue weighted by atomic mass is 9.77. The van der Waals surface area contributed by atoms with Gasteiger partial charge in [0.1, 0.15) is 0 Å². The highest BCUT2D eigenvalue weighted by molar-refractivity contribution is 5.79. The fourth-order valence-electron chi connectivity index (χ4n) is 3.39. The van der Waals surface area contributed by atoms with Crippen molar-refractivity contribution in [1.82, 2.24) is 10.6 Å². The molecule has 0 radical (unpaired) electrons. The molecule has 2 aliphatic rings. The lowest BCUT2D eigenvalue weighted by Gasteiger charge is -2.33. The van der Waals surface area contributed by atoms with E-state index in [9.17, 15) is 4.79 Å². The lowest BCUT2D eigenvalue weighted by molar-refractivity contribution is -0.126. The van der Waals surface area contributed by atoms with Gasteiger partial charge in [0.2, 0.25) is 5.91 Å². The van der Waals surface area contributed by atoms with Gasteiger partial charge in [-0.1, -0.05) is 26.7 Å². The maximum atomic E-state index is 12.1. The van der Waals surface area contributed by atoms with Crippen LogP contribution in [0.4, 0.5) is 0 Å². The van der Waals surface area contributed by atoms with Crippen LogP contribution in [0.15, 0.2) is 0 Å².